The molecule has 1 heterocycles. The quantitative estimate of drug-likeness (QED) is 0.755. The Hall–Kier alpha value is -1.59. The molecule has 0 saturated carbocycles. The third-order valence-electron chi connectivity index (χ3n) is 3.58. The lowest BCUT2D eigenvalue weighted by Crippen LogP contribution is -2.54. The van der Waals surface area contributed by atoms with Gasteiger partial charge in [-0.25, -0.2) is 0 Å². The summed E-state index contributed by atoms with van der Waals surface area (Å²) in [7, 11) is 0. The van der Waals surface area contributed by atoms with E-state index in [1.165, 1.54) is 0 Å². The summed E-state index contributed by atoms with van der Waals surface area (Å²) in [6.45, 7) is 6.32. The van der Waals surface area contributed by atoms with Crippen LogP contribution in [-0.2, 0) is 11.3 Å². The first-order valence-electron chi connectivity index (χ1n) is 6.45. The lowest BCUT2D eigenvalue weighted by Gasteiger charge is -2.33. The van der Waals surface area contributed by atoms with Gasteiger partial charge in [-0.05, 0) is 30.5 Å². The smallest absolute Gasteiger partial charge is 0.322 e. The minimum absolute atomic E-state index is 0.318. The van der Waals surface area contributed by atoms with E-state index in [0.29, 0.717) is 18.8 Å². The number of hydrogen-bond donors (Lipinski definition) is 3. The number of carboxylic acids is 1. The molecule has 1 aliphatic rings. The minimum atomic E-state index is -0.792. The van der Waals surface area contributed by atoms with E-state index in [1.54, 1.807) is 0 Å². The average Bonchev–Trinajstić information content (AvgIpc) is 2.36. The van der Waals surface area contributed by atoms with Crippen molar-refractivity contribution < 1.29 is 15.0 Å². The molecule has 104 valence electrons. The van der Waals surface area contributed by atoms with Crippen molar-refractivity contribution in [1.82, 2.24) is 10.2 Å². The Morgan fingerprint density at radius 3 is 2.63 bits per heavy atom. The van der Waals surface area contributed by atoms with Crippen LogP contribution in [0, 0.1) is 13.8 Å². The van der Waals surface area contributed by atoms with Gasteiger partial charge in [0.2, 0.25) is 0 Å². The summed E-state index contributed by atoms with van der Waals surface area (Å²) in [5.74, 6) is -0.474. The van der Waals surface area contributed by atoms with E-state index >= 15 is 0 Å². The summed E-state index contributed by atoms with van der Waals surface area (Å²) in [5, 5.41) is 22.1. The van der Waals surface area contributed by atoms with Crippen molar-refractivity contribution in [1.29, 1.82) is 0 Å². The first kappa shape index (κ1) is 13.8. The number of benzene rings is 1. The molecule has 3 N–H and O–H groups in total. The van der Waals surface area contributed by atoms with Crippen LogP contribution < -0.4 is 5.32 Å². The number of aromatic hydroxyl groups is 1. The molecule has 1 aromatic rings. The zero-order valence-corrected chi connectivity index (χ0v) is 11.3. The molecule has 1 aromatic carbocycles. The fraction of sp³-hybridized carbons (Fsp3) is 0.500. The summed E-state index contributed by atoms with van der Waals surface area (Å²) in [6.07, 6.45) is 0. The maximum absolute atomic E-state index is 11.2. The zero-order chi connectivity index (χ0) is 14.0. The van der Waals surface area contributed by atoms with Gasteiger partial charge in [-0.15, -0.1) is 0 Å². The minimum Gasteiger partial charge on any atom is -0.507 e. The van der Waals surface area contributed by atoms with Gasteiger partial charge >= 0.3 is 5.97 Å². The van der Waals surface area contributed by atoms with Crippen molar-refractivity contribution in [2.45, 2.75) is 26.4 Å². The van der Waals surface area contributed by atoms with Crippen molar-refractivity contribution in [3.05, 3.63) is 28.8 Å². The van der Waals surface area contributed by atoms with Crippen molar-refractivity contribution in [2.24, 2.45) is 0 Å². The fourth-order valence-corrected chi connectivity index (χ4v) is 2.55. The highest BCUT2D eigenvalue weighted by Crippen LogP contribution is 2.24. The number of carbonyl (C=O) groups is 1. The molecule has 1 aliphatic heterocycles. The van der Waals surface area contributed by atoms with Crippen LogP contribution in [0.3, 0.4) is 0 Å². The third-order valence-corrected chi connectivity index (χ3v) is 3.58. The molecule has 1 atom stereocenters. The third kappa shape index (κ3) is 3.05. The second-order valence-corrected chi connectivity index (χ2v) is 5.11. The first-order chi connectivity index (χ1) is 8.99. The van der Waals surface area contributed by atoms with Crippen LogP contribution in [-0.4, -0.2) is 46.8 Å². The molecule has 19 heavy (non-hydrogen) atoms. The van der Waals surface area contributed by atoms with E-state index < -0.39 is 12.0 Å². The topological polar surface area (TPSA) is 72.8 Å². The molecule has 0 amide bonds. The highest BCUT2D eigenvalue weighted by molar-refractivity contribution is 5.74. The Morgan fingerprint density at radius 1 is 1.42 bits per heavy atom. The van der Waals surface area contributed by atoms with E-state index in [0.717, 1.165) is 29.8 Å². The van der Waals surface area contributed by atoms with Crippen LogP contribution in [0.4, 0.5) is 0 Å². The van der Waals surface area contributed by atoms with Gasteiger partial charge in [0.15, 0.2) is 0 Å². The number of carboxylic acid groups (broad SMARTS) is 1. The van der Waals surface area contributed by atoms with Crippen molar-refractivity contribution in [2.75, 3.05) is 19.6 Å². The van der Waals surface area contributed by atoms with Gasteiger partial charge in [0, 0.05) is 26.2 Å². The van der Waals surface area contributed by atoms with Crippen LogP contribution in [0.5, 0.6) is 5.75 Å². The summed E-state index contributed by atoms with van der Waals surface area (Å²) in [4.78, 5) is 13.2. The number of rotatable bonds is 3. The van der Waals surface area contributed by atoms with Gasteiger partial charge in [0.05, 0.1) is 0 Å². The van der Waals surface area contributed by atoms with E-state index in [4.69, 9.17) is 0 Å². The monoisotopic (exact) mass is 264 g/mol. The van der Waals surface area contributed by atoms with E-state index in [9.17, 15) is 15.0 Å². The fourth-order valence-electron chi connectivity index (χ4n) is 2.55. The molecular formula is C14H20N2O3. The van der Waals surface area contributed by atoms with Gasteiger partial charge in [-0.1, -0.05) is 12.1 Å². The number of nitrogens with one attached hydrogen (secondary N) is 1. The van der Waals surface area contributed by atoms with Crippen LogP contribution in [0.2, 0.25) is 0 Å². The molecule has 5 nitrogen and oxygen atoms in total. The second kappa shape index (κ2) is 5.59. The standard InChI is InChI=1S/C14H20N2O3/c1-9-5-11(6-10(2)13(9)17)8-16-4-3-15-7-12(16)14(18)19/h5-6,12,15,17H,3-4,7-8H2,1-2H3,(H,18,19). The van der Waals surface area contributed by atoms with Crippen LogP contribution in [0.15, 0.2) is 12.1 Å². The SMILES string of the molecule is Cc1cc(CN2CCNCC2C(=O)O)cc(C)c1O. The van der Waals surface area contributed by atoms with Crippen LogP contribution in [0.1, 0.15) is 16.7 Å². The van der Waals surface area contributed by atoms with Crippen molar-refractivity contribution >= 4 is 5.97 Å². The highest BCUT2D eigenvalue weighted by atomic mass is 16.4. The number of aryl methyl sites for hydroxylation is 2. The molecule has 0 bridgehead atoms. The van der Waals surface area contributed by atoms with Gasteiger partial charge in [0.1, 0.15) is 11.8 Å². The summed E-state index contributed by atoms with van der Waals surface area (Å²) >= 11 is 0. The normalized spacial score (nSPS) is 20.4. The Kier molecular flexibility index (Phi) is 4.07. The largest absolute Gasteiger partial charge is 0.507 e. The van der Waals surface area contributed by atoms with E-state index in [-0.39, 0.29) is 0 Å². The maximum Gasteiger partial charge on any atom is 0.322 e. The lowest BCUT2D eigenvalue weighted by atomic mass is 10.0. The van der Waals surface area contributed by atoms with E-state index in [2.05, 4.69) is 5.32 Å². The van der Waals surface area contributed by atoms with Crippen LogP contribution >= 0.6 is 0 Å². The highest BCUT2D eigenvalue weighted by Gasteiger charge is 2.28. The summed E-state index contributed by atoms with van der Waals surface area (Å²) in [5.41, 5.74) is 2.70. The molecule has 1 unspecified atom stereocenters. The van der Waals surface area contributed by atoms with Gasteiger partial charge in [-0.2, -0.15) is 0 Å². The summed E-state index contributed by atoms with van der Waals surface area (Å²) in [6, 6.07) is 3.36. The predicted octanol–water partition coefficient (Wildman–Crippen LogP) is 0.867. The molecule has 0 aromatic heterocycles. The molecule has 0 spiro atoms. The number of phenols is 1. The second-order valence-electron chi connectivity index (χ2n) is 5.11. The Balaban J connectivity index is 2.17. The Labute approximate surface area is 112 Å². The van der Waals surface area contributed by atoms with Crippen molar-refractivity contribution in [3.8, 4) is 5.75 Å². The molecule has 0 aliphatic carbocycles. The number of aliphatic carboxylic acids is 1. The van der Waals surface area contributed by atoms with Gasteiger partial charge in [-0.3, -0.25) is 9.69 Å². The van der Waals surface area contributed by atoms with Crippen molar-refractivity contribution in [3.63, 3.8) is 0 Å². The Morgan fingerprint density at radius 2 is 2.05 bits per heavy atom. The molecule has 2 rings (SSSR count). The number of piperazine rings is 1. The average molecular weight is 264 g/mol. The lowest BCUT2D eigenvalue weighted by molar-refractivity contribution is -0.144. The molecule has 1 fully saturated rings. The molecule has 1 saturated heterocycles. The van der Waals surface area contributed by atoms with Crippen LogP contribution in [0.25, 0.3) is 0 Å². The Bertz CT molecular complexity index is 465. The first-order valence-corrected chi connectivity index (χ1v) is 6.45. The maximum atomic E-state index is 11.2. The predicted molar refractivity (Wildman–Crippen MR) is 72.3 cm³/mol. The number of hydrogen-bond acceptors (Lipinski definition) is 4. The molecule has 5 heteroatoms. The summed E-state index contributed by atoms with van der Waals surface area (Å²) < 4.78 is 0. The van der Waals surface area contributed by atoms with Gasteiger partial charge in [0.25, 0.3) is 0 Å². The van der Waals surface area contributed by atoms with Gasteiger partial charge < -0.3 is 15.5 Å². The number of phenolic OH excluding ortho intramolecular Hbond substituents is 1. The zero-order valence-electron chi connectivity index (χ0n) is 11.3. The molecular weight excluding hydrogens is 244 g/mol. The number of nitrogens with zero attached hydrogens (tertiary/aromatic N) is 1. The van der Waals surface area contributed by atoms with E-state index in [1.807, 2.05) is 30.9 Å². The molecule has 0 radical (unpaired) electrons.